The highest BCUT2D eigenvalue weighted by atomic mass is 15.2. The number of aromatic amines is 1. The molecule has 4 heteroatoms. The molecule has 0 amide bonds. The zero-order valence-corrected chi connectivity index (χ0v) is 11.2. The third-order valence-corrected chi connectivity index (χ3v) is 4.21. The van der Waals surface area contributed by atoms with Crippen LogP contribution in [0.2, 0.25) is 0 Å². The molecule has 0 saturated heterocycles. The fourth-order valence-corrected chi connectivity index (χ4v) is 2.78. The van der Waals surface area contributed by atoms with E-state index in [2.05, 4.69) is 41.4 Å². The van der Waals surface area contributed by atoms with E-state index in [1.54, 1.807) is 0 Å². The fraction of sp³-hybridized carbons (Fsp3) is 0.769. The summed E-state index contributed by atoms with van der Waals surface area (Å²) in [5.74, 6) is 0. The monoisotopic (exact) mass is 236 g/mol. The number of likely N-dealkylation sites (N-methyl/N-ethyl adjacent to an activating group) is 1. The van der Waals surface area contributed by atoms with Crippen LogP contribution in [-0.2, 0) is 0 Å². The molecule has 0 aromatic carbocycles. The SMILES string of the molecule is CC(NCC1(N(C)C)CCCC1)c1ccn[nH]1. The first-order valence-corrected chi connectivity index (χ1v) is 6.54. The summed E-state index contributed by atoms with van der Waals surface area (Å²) >= 11 is 0. The normalized spacial score (nSPS) is 20.9. The van der Waals surface area contributed by atoms with Crippen molar-refractivity contribution in [2.75, 3.05) is 20.6 Å². The maximum absolute atomic E-state index is 4.00. The molecule has 1 heterocycles. The predicted molar refractivity (Wildman–Crippen MR) is 69.9 cm³/mol. The Morgan fingerprint density at radius 1 is 1.47 bits per heavy atom. The molecular formula is C13H24N4. The first-order valence-electron chi connectivity index (χ1n) is 6.54. The summed E-state index contributed by atoms with van der Waals surface area (Å²) in [6, 6.07) is 2.38. The van der Waals surface area contributed by atoms with Crippen molar-refractivity contribution in [3.05, 3.63) is 18.0 Å². The lowest BCUT2D eigenvalue weighted by Crippen LogP contribution is -2.50. The van der Waals surface area contributed by atoms with Crippen molar-refractivity contribution in [2.45, 2.75) is 44.2 Å². The quantitative estimate of drug-likeness (QED) is 0.821. The van der Waals surface area contributed by atoms with Gasteiger partial charge >= 0.3 is 0 Å². The summed E-state index contributed by atoms with van der Waals surface area (Å²) in [6.45, 7) is 3.24. The lowest BCUT2D eigenvalue weighted by atomic mass is 9.95. The molecule has 2 N–H and O–H groups in total. The first kappa shape index (κ1) is 12.6. The van der Waals surface area contributed by atoms with Crippen LogP contribution in [0.25, 0.3) is 0 Å². The smallest absolute Gasteiger partial charge is 0.0518 e. The number of nitrogens with zero attached hydrogens (tertiary/aromatic N) is 2. The molecule has 2 rings (SSSR count). The maximum Gasteiger partial charge on any atom is 0.0518 e. The molecule has 0 aliphatic heterocycles. The number of nitrogens with one attached hydrogen (secondary N) is 2. The van der Waals surface area contributed by atoms with Gasteiger partial charge in [-0.25, -0.2) is 0 Å². The topological polar surface area (TPSA) is 44.0 Å². The minimum Gasteiger partial charge on any atom is -0.307 e. The lowest BCUT2D eigenvalue weighted by Gasteiger charge is -2.37. The zero-order chi connectivity index (χ0) is 12.3. The van der Waals surface area contributed by atoms with Crippen LogP contribution in [0.15, 0.2) is 12.3 Å². The molecule has 4 nitrogen and oxygen atoms in total. The second-order valence-electron chi connectivity index (χ2n) is 5.44. The van der Waals surface area contributed by atoms with E-state index in [0.717, 1.165) is 12.2 Å². The van der Waals surface area contributed by atoms with E-state index in [9.17, 15) is 0 Å². The molecule has 1 unspecified atom stereocenters. The van der Waals surface area contributed by atoms with Crippen molar-refractivity contribution in [3.63, 3.8) is 0 Å². The molecule has 1 aliphatic carbocycles. The van der Waals surface area contributed by atoms with Gasteiger partial charge in [0.1, 0.15) is 0 Å². The van der Waals surface area contributed by atoms with Crippen molar-refractivity contribution in [2.24, 2.45) is 0 Å². The maximum atomic E-state index is 4.00. The second-order valence-corrected chi connectivity index (χ2v) is 5.44. The van der Waals surface area contributed by atoms with Crippen molar-refractivity contribution in [1.82, 2.24) is 20.4 Å². The van der Waals surface area contributed by atoms with E-state index >= 15 is 0 Å². The van der Waals surface area contributed by atoms with Gasteiger partial charge in [0.25, 0.3) is 0 Å². The molecule has 1 saturated carbocycles. The van der Waals surface area contributed by atoms with Gasteiger partial charge in [-0.15, -0.1) is 0 Å². The summed E-state index contributed by atoms with van der Waals surface area (Å²) in [6.07, 6.45) is 7.15. The lowest BCUT2D eigenvalue weighted by molar-refractivity contribution is 0.150. The third kappa shape index (κ3) is 2.69. The molecule has 1 aliphatic rings. The van der Waals surface area contributed by atoms with Crippen molar-refractivity contribution in [1.29, 1.82) is 0 Å². The van der Waals surface area contributed by atoms with Crippen LogP contribution in [-0.4, -0.2) is 41.3 Å². The van der Waals surface area contributed by atoms with E-state index in [1.165, 1.54) is 25.7 Å². The van der Waals surface area contributed by atoms with Crippen molar-refractivity contribution < 1.29 is 0 Å². The Bertz CT molecular complexity index is 325. The van der Waals surface area contributed by atoms with Crippen LogP contribution in [0.5, 0.6) is 0 Å². The standard InChI is InChI=1S/C13H24N4/c1-11(12-6-9-15-16-12)14-10-13(17(2)3)7-4-5-8-13/h6,9,11,14H,4-5,7-8,10H2,1-3H3,(H,15,16). The van der Waals surface area contributed by atoms with Crippen LogP contribution in [0.3, 0.4) is 0 Å². The van der Waals surface area contributed by atoms with E-state index in [0.29, 0.717) is 11.6 Å². The molecule has 1 aromatic heterocycles. The Hall–Kier alpha value is -0.870. The summed E-state index contributed by atoms with van der Waals surface area (Å²) in [5, 5.41) is 10.7. The minimum atomic E-state index is 0.343. The molecule has 0 radical (unpaired) electrons. The Morgan fingerprint density at radius 3 is 2.71 bits per heavy atom. The van der Waals surface area contributed by atoms with Crippen LogP contribution in [0, 0.1) is 0 Å². The van der Waals surface area contributed by atoms with Crippen molar-refractivity contribution in [3.8, 4) is 0 Å². The summed E-state index contributed by atoms with van der Waals surface area (Å²) < 4.78 is 0. The average Bonchev–Trinajstić information content (AvgIpc) is 2.97. The fourth-order valence-electron chi connectivity index (χ4n) is 2.78. The molecule has 1 atom stereocenters. The number of H-pyrrole nitrogens is 1. The van der Waals surface area contributed by atoms with Crippen LogP contribution in [0.1, 0.15) is 44.3 Å². The van der Waals surface area contributed by atoms with Gasteiger partial charge in [-0.3, -0.25) is 5.10 Å². The van der Waals surface area contributed by atoms with Gasteiger partial charge in [0.2, 0.25) is 0 Å². The van der Waals surface area contributed by atoms with Crippen LogP contribution in [0.4, 0.5) is 0 Å². The summed E-state index contributed by atoms with van der Waals surface area (Å²) in [7, 11) is 4.40. The molecule has 0 spiro atoms. The number of hydrogen-bond donors (Lipinski definition) is 2. The first-order chi connectivity index (χ1) is 8.14. The number of rotatable bonds is 5. The highest BCUT2D eigenvalue weighted by Crippen LogP contribution is 2.33. The third-order valence-electron chi connectivity index (χ3n) is 4.21. The van der Waals surface area contributed by atoms with Crippen molar-refractivity contribution >= 4 is 0 Å². The number of hydrogen-bond acceptors (Lipinski definition) is 3. The van der Waals surface area contributed by atoms with Crippen LogP contribution >= 0.6 is 0 Å². The van der Waals surface area contributed by atoms with Gasteiger partial charge in [-0.1, -0.05) is 12.8 Å². The zero-order valence-electron chi connectivity index (χ0n) is 11.2. The summed E-state index contributed by atoms with van der Waals surface area (Å²) in [4.78, 5) is 2.40. The number of aromatic nitrogens is 2. The Balaban J connectivity index is 1.92. The molecule has 17 heavy (non-hydrogen) atoms. The predicted octanol–water partition coefficient (Wildman–Crippen LogP) is 1.93. The minimum absolute atomic E-state index is 0.343. The Morgan fingerprint density at radius 2 is 2.18 bits per heavy atom. The van der Waals surface area contributed by atoms with E-state index in [-0.39, 0.29) is 0 Å². The molecule has 0 bridgehead atoms. The molecular weight excluding hydrogens is 212 g/mol. The Kier molecular flexibility index (Phi) is 3.84. The van der Waals surface area contributed by atoms with Gasteiger partial charge in [0.15, 0.2) is 0 Å². The summed E-state index contributed by atoms with van der Waals surface area (Å²) in [5.41, 5.74) is 1.52. The van der Waals surface area contributed by atoms with Gasteiger partial charge in [-0.2, -0.15) is 5.10 Å². The van der Waals surface area contributed by atoms with Gasteiger partial charge in [0, 0.05) is 24.3 Å². The molecule has 1 aromatic rings. The van der Waals surface area contributed by atoms with Crippen LogP contribution < -0.4 is 5.32 Å². The van der Waals surface area contributed by atoms with E-state index in [4.69, 9.17) is 0 Å². The van der Waals surface area contributed by atoms with E-state index < -0.39 is 0 Å². The van der Waals surface area contributed by atoms with Gasteiger partial charge in [0.05, 0.1) is 5.69 Å². The molecule has 96 valence electrons. The average molecular weight is 236 g/mol. The van der Waals surface area contributed by atoms with E-state index in [1.807, 2.05) is 12.3 Å². The van der Waals surface area contributed by atoms with Gasteiger partial charge in [-0.05, 0) is 39.9 Å². The van der Waals surface area contributed by atoms with Gasteiger partial charge < -0.3 is 10.2 Å². The second kappa shape index (κ2) is 5.19. The molecule has 1 fully saturated rings. The highest BCUT2D eigenvalue weighted by molar-refractivity contribution is 5.04. The Labute approximate surface area is 104 Å². The largest absolute Gasteiger partial charge is 0.307 e. The highest BCUT2D eigenvalue weighted by Gasteiger charge is 2.35.